The molecule has 27 heavy (non-hydrogen) atoms. The highest BCUT2D eigenvalue weighted by molar-refractivity contribution is 14.0. The van der Waals surface area contributed by atoms with Crippen molar-refractivity contribution in [3.05, 3.63) is 29.8 Å². The van der Waals surface area contributed by atoms with Crippen LogP contribution in [0.1, 0.15) is 26.3 Å². The molecule has 152 valence electrons. The highest BCUT2D eigenvalue weighted by Gasteiger charge is 2.26. The van der Waals surface area contributed by atoms with Crippen molar-refractivity contribution in [1.82, 2.24) is 9.80 Å². The second-order valence-corrected chi connectivity index (χ2v) is 7.30. The van der Waals surface area contributed by atoms with Crippen LogP contribution in [0.4, 0.5) is 4.79 Å². The normalized spacial score (nSPS) is 15.2. The molecule has 0 spiro atoms. The molecule has 0 saturated carbocycles. The van der Waals surface area contributed by atoms with Gasteiger partial charge in [-0.25, -0.2) is 4.79 Å². The first kappa shape index (κ1) is 23.3. The maximum Gasteiger partial charge on any atom is 0.410 e. The standard InChI is InChI=1S/C19H30N4O3.HI/c1-19(2,3)26-18(24)23-12-10-22(11-13-23)17(20)21-9-8-15-6-5-7-16(14-15)25-4;/h5-7,14H,8-13H2,1-4H3,(H2,20,21);1H. The summed E-state index contributed by atoms with van der Waals surface area (Å²) >= 11 is 0. The average molecular weight is 490 g/mol. The highest BCUT2D eigenvalue weighted by Crippen LogP contribution is 2.13. The third-order valence-electron chi connectivity index (χ3n) is 4.06. The van der Waals surface area contributed by atoms with E-state index in [1.165, 1.54) is 0 Å². The number of methoxy groups -OCH3 is 1. The Bertz CT molecular complexity index is 638. The van der Waals surface area contributed by atoms with Crippen LogP contribution >= 0.6 is 24.0 Å². The molecule has 7 nitrogen and oxygen atoms in total. The van der Waals surface area contributed by atoms with Gasteiger partial charge in [-0.3, -0.25) is 4.99 Å². The molecule has 1 aliphatic rings. The summed E-state index contributed by atoms with van der Waals surface area (Å²) in [6.45, 7) is 8.71. The number of nitrogens with two attached hydrogens (primary N) is 1. The number of hydrogen-bond donors (Lipinski definition) is 1. The predicted molar refractivity (Wildman–Crippen MR) is 118 cm³/mol. The molecule has 0 radical (unpaired) electrons. The van der Waals surface area contributed by atoms with Gasteiger partial charge in [0.25, 0.3) is 0 Å². The molecule has 8 heteroatoms. The van der Waals surface area contributed by atoms with Crippen molar-refractivity contribution in [3.8, 4) is 5.75 Å². The van der Waals surface area contributed by atoms with Crippen molar-refractivity contribution in [2.24, 2.45) is 10.7 Å². The van der Waals surface area contributed by atoms with Gasteiger partial charge in [-0.15, -0.1) is 24.0 Å². The van der Waals surface area contributed by atoms with E-state index in [-0.39, 0.29) is 30.1 Å². The zero-order valence-electron chi connectivity index (χ0n) is 16.6. The van der Waals surface area contributed by atoms with Crippen molar-refractivity contribution in [1.29, 1.82) is 0 Å². The number of ether oxygens (including phenoxy) is 2. The van der Waals surface area contributed by atoms with E-state index in [0.29, 0.717) is 38.7 Å². The Kier molecular flexibility index (Phi) is 9.14. The van der Waals surface area contributed by atoms with E-state index in [2.05, 4.69) is 4.99 Å². The van der Waals surface area contributed by atoms with Gasteiger partial charge in [0.15, 0.2) is 5.96 Å². The van der Waals surface area contributed by atoms with Crippen LogP contribution in [0.25, 0.3) is 0 Å². The Morgan fingerprint density at radius 1 is 1.19 bits per heavy atom. The third kappa shape index (κ3) is 7.82. The molecule has 1 aliphatic heterocycles. The number of nitrogens with zero attached hydrogens (tertiary/aromatic N) is 3. The molecular weight excluding hydrogens is 459 g/mol. The minimum absolute atomic E-state index is 0. The van der Waals surface area contributed by atoms with Crippen LogP contribution < -0.4 is 10.5 Å². The summed E-state index contributed by atoms with van der Waals surface area (Å²) in [6.07, 6.45) is 0.529. The van der Waals surface area contributed by atoms with Crippen LogP contribution in [0.5, 0.6) is 5.75 Å². The van der Waals surface area contributed by atoms with Crippen molar-refractivity contribution < 1.29 is 14.3 Å². The molecule has 2 N–H and O–H groups in total. The van der Waals surface area contributed by atoms with E-state index in [1.807, 2.05) is 49.9 Å². The number of rotatable bonds is 4. The van der Waals surface area contributed by atoms with Gasteiger partial charge in [0.2, 0.25) is 0 Å². The lowest BCUT2D eigenvalue weighted by atomic mass is 10.1. The second-order valence-electron chi connectivity index (χ2n) is 7.30. The zero-order chi connectivity index (χ0) is 19.2. The molecule has 1 aromatic carbocycles. The molecular formula is C19H31IN4O3. The van der Waals surface area contributed by atoms with E-state index >= 15 is 0 Å². The summed E-state index contributed by atoms with van der Waals surface area (Å²) in [5, 5.41) is 0. The smallest absolute Gasteiger partial charge is 0.410 e. The number of benzene rings is 1. The van der Waals surface area contributed by atoms with E-state index in [9.17, 15) is 4.79 Å². The SMILES string of the molecule is COc1cccc(CCN=C(N)N2CCN(C(=O)OC(C)(C)C)CC2)c1.I. The van der Waals surface area contributed by atoms with Gasteiger partial charge in [0.05, 0.1) is 7.11 Å². The number of guanidine groups is 1. The zero-order valence-corrected chi connectivity index (χ0v) is 18.9. The highest BCUT2D eigenvalue weighted by atomic mass is 127. The lowest BCUT2D eigenvalue weighted by Crippen LogP contribution is -2.53. The largest absolute Gasteiger partial charge is 0.497 e. The van der Waals surface area contributed by atoms with Gasteiger partial charge in [-0.05, 0) is 44.9 Å². The fourth-order valence-corrected chi connectivity index (χ4v) is 2.67. The van der Waals surface area contributed by atoms with E-state index in [4.69, 9.17) is 15.2 Å². The number of carbonyl (C=O) groups excluding carboxylic acids is 1. The number of aliphatic imine (C=N–C) groups is 1. The molecule has 0 atom stereocenters. The first-order chi connectivity index (χ1) is 12.3. The second kappa shape index (κ2) is 10.6. The van der Waals surface area contributed by atoms with Gasteiger partial charge in [0.1, 0.15) is 11.4 Å². The minimum Gasteiger partial charge on any atom is -0.497 e. The number of halogens is 1. The molecule has 0 unspecified atom stereocenters. The summed E-state index contributed by atoms with van der Waals surface area (Å²) in [5.74, 6) is 1.37. The molecule has 1 aromatic rings. The van der Waals surface area contributed by atoms with Crippen LogP contribution in [0.3, 0.4) is 0 Å². The predicted octanol–water partition coefficient (Wildman–Crippen LogP) is 2.72. The summed E-state index contributed by atoms with van der Waals surface area (Å²) in [6, 6.07) is 7.95. The fraction of sp³-hybridized carbons (Fsp3) is 0.579. The molecule has 1 amide bonds. The van der Waals surface area contributed by atoms with Crippen molar-refractivity contribution in [2.45, 2.75) is 32.8 Å². The quantitative estimate of drug-likeness (QED) is 0.399. The summed E-state index contributed by atoms with van der Waals surface area (Å²) < 4.78 is 10.6. The van der Waals surface area contributed by atoms with Gasteiger partial charge < -0.3 is 25.0 Å². The molecule has 1 heterocycles. The van der Waals surface area contributed by atoms with Crippen LogP contribution in [-0.2, 0) is 11.2 Å². The number of hydrogen-bond acceptors (Lipinski definition) is 4. The van der Waals surface area contributed by atoms with E-state index in [1.54, 1.807) is 12.0 Å². The number of amides is 1. The molecule has 0 aliphatic carbocycles. The first-order valence-corrected chi connectivity index (χ1v) is 8.94. The first-order valence-electron chi connectivity index (χ1n) is 8.94. The molecule has 1 fully saturated rings. The Labute approximate surface area is 178 Å². The van der Waals surface area contributed by atoms with Crippen LogP contribution in [0.2, 0.25) is 0 Å². The van der Waals surface area contributed by atoms with E-state index < -0.39 is 5.60 Å². The summed E-state index contributed by atoms with van der Waals surface area (Å²) in [7, 11) is 1.66. The van der Waals surface area contributed by atoms with Crippen LogP contribution in [-0.4, -0.2) is 67.3 Å². The van der Waals surface area contributed by atoms with Gasteiger partial charge in [-0.2, -0.15) is 0 Å². The molecule has 0 bridgehead atoms. The third-order valence-corrected chi connectivity index (χ3v) is 4.06. The Morgan fingerprint density at radius 3 is 2.41 bits per heavy atom. The lowest BCUT2D eigenvalue weighted by Gasteiger charge is -2.36. The number of carbonyl (C=O) groups is 1. The Hall–Kier alpha value is -1.71. The minimum atomic E-state index is -0.477. The fourth-order valence-electron chi connectivity index (χ4n) is 2.67. The molecule has 1 saturated heterocycles. The van der Waals surface area contributed by atoms with Gasteiger partial charge in [0, 0.05) is 32.7 Å². The Morgan fingerprint density at radius 2 is 1.81 bits per heavy atom. The summed E-state index contributed by atoms with van der Waals surface area (Å²) in [5.41, 5.74) is 6.79. The lowest BCUT2D eigenvalue weighted by molar-refractivity contribution is 0.0186. The molecule has 2 rings (SSSR count). The van der Waals surface area contributed by atoms with Crippen molar-refractivity contribution >= 4 is 36.0 Å². The van der Waals surface area contributed by atoms with Crippen LogP contribution in [0, 0.1) is 0 Å². The van der Waals surface area contributed by atoms with Crippen LogP contribution in [0.15, 0.2) is 29.3 Å². The van der Waals surface area contributed by atoms with Crippen molar-refractivity contribution in [3.63, 3.8) is 0 Å². The van der Waals surface area contributed by atoms with Gasteiger partial charge >= 0.3 is 6.09 Å². The number of piperazine rings is 1. The Balaban J connectivity index is 0.00000364. The molecule has 0 aromatic heterocycles. The topological polar surface area (TPSA) is 80.4 Å². The van der Waals surface area contributed by atoms with Gasteiger partial charge in [-0.1, -0.05) is 12.1 Å². The maximum absolute atomic E-state index is 12.1. The summed E-state index contributed by atoms with van der Waals surface area (Å²) in [4.78, 5) is 20.3. The van der Waals surface area contributed by atoms with Crippen molar-refractivity contribution in [2.75, 3.05) is 39.8 Å². The monoisotopic (exact) mass is 490 g/mol. The maximum atomic E-state index is 12.1. The average Bonchev–Trinajstić information content (AvgIpc) is 2.60. The van der Waals surface area contributed by atoms with E-state index in [0.717, 1.165) is 17.7 Å².